The zero-order valence-electron chi connectivity index (χ0n) is 7.58. The van der Waals surface area contributed by atoms with Crippen molar-refractivity contribution in [2.75, 3.05) is 0 Å². The van der Waals surface area contributed by atoms with E-state index in [0.717, 1.165) is 16.5 Å². The molecular formula is C10H9BrO3. The van der Waals surface area contributed by atoms with Gasteiger partial charge in [-0.1, -0.05) is 15.9 Å². The average molecular weight is 257 g/mol. The van der Waals surface area contributed by atoms with Gasteiger partial charge < -0.3 is 9.84 Å². The van der Waals surface area contributed by atoms with Crippen LogP contribution in [0.25, 0.3) is 0 Å². The molecule has 1 heterocycles. The van der Waals surface area contributed by atoms with Crippen molar-refractivity contribution in [3.63, 3.8) is 0 Å². The second-order valence-electron chi connectivity index (χ2n) is 3.34. The van der Waals surface area contributed by atoms with Gasteiger partial charge in [-0.15, -0.1) is 0 Å². The molecule has 0 bridgehead atoms. The Morgan fingerprint density at radius 3 is 3.00 bits per heavy atom. The average Bonchev–Trinajstić information content (AvgIpc) is 2.47. The SMILES string of the molecule is CC1Cc2c(Br)ccc(C(=O)O)c2O1. The topological polar surface area (TPSA) is 46.5 Å². The van der Waals surface area contributed by atoms with Crippen LogP contribution in [0.5, 0.6) is 5.75 Å². The Kier molecular flexibility index (Phi) is 2.23. The number of ether oxygens (including phenoxy) is 1. The third-order valence-corrected chi connectivity index (χ3v) is 2.99. The maximum absolute atomic E-state index is 10.9. The maximum atomic E-state index is 10.9. The summed E-state index contributed by atoms with van der Waals surface area (Å²) < 4.78 is 6.39. The molecule has 0 fully saturated rings. The highest BCUT2D eigenvalue weighted by Crippen LogP contribution is 2.37. The maximum Gasteiger partial charge on any atom is 0.339 e. The molecule has 1 aliphatic heterocycles. The van der Waals surface area contributed by atoms with Gasteiger partial charge in [0, 0.05) is 16.5 Å². The number of halogens is 1. The lowest BCUT2D eigenvalue weighted by Crippen LogP contribution is -2.07. The van der Waals surface area contributed by atoms with Crippen LogP contribution >= 0.6 is 15.9 Å². The molecule has 0 spiro atoms. The third-order valence-electron chi connectivity index (χ3n) is 2.24. The van der Waals surface area contributed by atoms with Crippen LogP contribution in [-0.4, -0.2) is 17.2 Å². The summed E-state index contributed by atoms with van der Waals surface area (Å²) in [5.74, 6) is -0.428. The highest BCUT2D eigenvalue weighted by Gasteiger charge is 2.26. The van der Waals surface area contributed by atoms with Crippen molar-refractivity contribution in [2.45, 2.75) is 19.4 Å². The van der Waals surface area contributed by atoms with E-state index in [1.54, 1.807) is 12.1 Å². The van der Waals surface area contributed by atoms with E-state index in [9.17, 15) is 4.79 Å². The Bertz CT molecular complexity index is 401. The first-order valence-corrected chi connectivity index (χ1v) is 5.10. The van der Waals surface area contributed by atoms with Gasteiger partial charge in [0.2, 0.25) is 0 Å². The van der Waals surface area contributed by atoms with Crippen LogP contribution < -0.4 is 4.74 Å². The predicted molar refractivity (Wildman–Crippen MR) is 54.9 cm³/mol. The lowest BCUT2D eigenvalue weighted by Gasteiger charge is -2.06. The van der Waals surface area contributed by atoms with Gasteiger partial charge in [-0.3, -0.25) is 0 Å². The quantitative estimate of drug-likeness (QED) is 0.840. The van der Waals surface area contributed by atoms with Crippen molar-refractivity contribution in [3.8, 4) is 5.75 Å². The second-order valence-corrected chi connectivity index (χ2v) is 4.19. The van der Waals surface area contributed by atoms with Gasteiger partial charge in [-0.2, -0.15) is 0 Å². The molecule has 74 valence electrons. The molecule has 1 N–H and O–H groups in total. The molecule has 1 atom stereocenters. The Morgan fingerprint density at radius 2 is 2.36 bits per heavy atom. The molecule has 1 aliphatic rings. The van der Waals surface area contributed by atoms with Gasteiger partial charge in [-0.05, 0) is 19.1 Å². The first kappa shape index (κ1) is 9.52. The molecule has 3 nitrogen and oxygen atoms in total. The van der Waals surface area contributed by atoms with E-state index in [2.05, 4.69) is 15.9 Å². The van der Waals surface area contributed by atoms with Gasteiger partial charge in [0.1, 0.15) is 17.4 Å². The second kappa shape index (κ2) is 3.28. The molecule has 14 heavy (non-hydrogen) atoms. The lowest BCUT2D eigenvalue weighted by atomic mass is 10.1. The fourth-order valence-electron chi connectivity index (χ4n) is 1.63. The summed E-state index contributed by atoms with van der Waals surface area (Å²) >= 11 is 3.39. The Balaban J connectivity index is 2.59. The monoisotopic (exact) mass is 256 g/mol. The zero-order valence-corrected chi connectivity index (χ0v) is 9.17. The molecule has 0 aromatic heterocycles. The summed E-state index contributed by atoms with van der Waals surface area (Å²) in [6, 6.07) is 3.31. The minimum atomic E-state index is -0.942. The Hall–Kier alpha value is -1.03. The van der Waals surface area contributed by atoms with Crippen LogP contribution in [0.2, 0.25) is 0 Å². The van der Waals surface area contributed by atoms with Crippen molar-refractivity contribution in [3.05, 3.63) is 27.7 Å². The van der Waals surface area contributed by atoms with Crippen molar-refractivity contribution < 1.29 is 14.6 Å². The largest absolute Gasteiger partial charge is 0.489 e. The number of fused-ring (bicyclic) bond motifs is 1. The van der Waals surface area contributed by atoms with Crippen LogP contribution in [0.1, 0.15) is 22.8 Å². The first-order chi connectivity index (χ1) is 6.59. The fraction of sp³-hybridized carbons (Fsp3) is 0.300. The van der Waals surface area contributed by atoms with E-state index in [4.69, 9.17) is 9.84 Å². The number of benzene rings is 1. The molecule has 4 heteroatoms. The smallest absolute Gasteiger partial charge is 0.339 e. The number of carbonyl (C=O) groups is 1. The van der Waals surface area contributed by atoms with Gasteiger partial charge in [-0.25, -0.2) is 4.79 Å². The van der Waals surface area contributed by atoms with Crippen molar-refractivity contribution >= 4 is 21.9 Å². The van der Waals surface area contributed by atoms with Crippen LogP contribution in [-0.2, 0) is 6.42 Å². The van der Waals surface area contributed by atoms with E-state index in [1.165, 1.54) is 0 Å². The summed E-state index contributed by atoms with van der Waals surface area (Å²) in [7, 11) is 0. The number of carboxylic acid groups (broad SMARTS) is 1. The highest BCUT2D eigenvalue weighted by molar-refractivity contribution is 9.10. The molecule has 0 saturated carbocycles. The molecule has 0 radical (unpaired) electrons. The first-order valence-electron chi connectivity index (χ1n) is 4.31. The van der Waals surface area contributed by atoms with Gasteiger partial charge in [0.25, 0.3) is 0 Å². The van der Waals surface area contributed by atoms with Crippen LogP contribution in [0.3, 0.4) is 0 Å². The molecule has 1 aromatic rings. The normalized spacial score (nSPS) is 18.9. The van der Waals surface area contributed by atoms with Crippen LogP contribution in [0.4, 0.5) is 0 Å². The molecular weight excluding hydrogens is 248 g/mol. The minimum absolute atomic E-state index is 0.0572. The molecule has 0 saturated heterocycles. The van der Waals surface area contributed by atoms with E-state index >= 15 is 0 Å². The van der Waals surface area contributed by atoms with E-state index in [0.29, 0.717) is 5.75 Å². The van der Waals surface area contributed by atoms with Gasteiger partial charge in [0.15, 0.2) is 0 Å². The molecule has 1 unspecified atom stereocenters. The van der Waals surface area contributed by atoms with Crippen molar-refractivity contribution in [1.29, 1.82) is 0 Å². The van der Waals surface area contributed by atoms with Crippen LogP contribution in [0, 0.1) is 0 Å². The zero-order chi connectivity index (χ0) is 10.3. The van der Waals surface area contributed by atoms with Gasteiger partial charge in [0.05, 0.1) is 0 Å². The van der Waals surface area contributed by atoms with E-state index in [-0.39, 0.29) is 11.7 Å². The summed E-state index contributed by atoms with van der Waals surface area (Å²) in [6.07, 6.45) is 0.818. The number of rotatable bonds is 1. The summed E-state index contributed by atoms with van der Waals surface area (Å²) in [6.45, 7) is 1.93. The summed E-state index contributed by atoms with van der Waals surface area (Å²) in [5, 5.41) is 8.93. The number of carboxylic acids is 1. The van der Waals surface area contributed by atoms with Gasteiger partial charge >= 0.3 is 5.97 Å². The molecule has 0 amide bonds. The molecule has 2 rings (SSSR count). The summed E-state index contributed by atoms with van der Waals surface area (Å²) in [4.78, 5) is 10.9. The van der Waals surface area contributed by atoms with E-state index < -0.39 is 5.97 Å². The molecule has 1 aromatic carbocycles. The predicted octanol–water partition coefficient (Wildman–Crippen LogP) is 2.47. The highest BCUT2D eigenvalue weighted by atomic mass is 79.9. The Labute approximate surface area is 89.8 Å². The summed E-state index contributed by atoms with van der Waals surface area (Å²) in [5.41, 5.74) is 1.20. The fourth-order valence-corrected chi connectivity index (χ4v) is 2.10. The van der Waals surface area contributed by atoms with E-state index in [1.807, 2.05) is 6.92 Å². The molecule has 0 aliphatic carbocycles. The third kappa shape index (κ3) is 1.39. The number of hydrogen-bond donors (Lipinski definition) is 1. The number of hydrogen-bond acceptors (Lipinski definition) is 2. The van der Waals surface area contributed by atoms with Crippen molar-refractivity contribution in [1.82, 2.24) is 0 Å². The Morgan fingerprint density at radius 1 is 1.64 bits per heavy atom. The standard InChI is InChI=1S/C10H9BrO3/c1-5-4-7-8(11)3-2-6(10(12)13)9(7)14-5/h2-3,5H,4H2,1H3,(H,12,13). The van der Waals surface area contributed by atoms with Crippen molar-refractivity contribution in [2.24, 2.45) is 0 Å². The number of aromatic carboxylic acids is 1. The van der Waals surface area contributed by atoms with Crippen LogP contribution in [0.15, 0.2) is 16.6 Å². The minimum Gasteiger partial charge on any atom is -0.489 e. The lowest BCUT2D eigenvalue weighted by molar-refractivity contribution is 0.0692.